The normalized spacial score (nSPS) is 21.6. The number of nitrogens with one attached hydrogen (secondary N) is 1. The number of benzene rings is 1. The van der Waals surface area contributed by atoms with Crippen LogP contribution in [0.15, 0.2) is 29.2 Å². The van der Waals surface area contributed by atoms with Crippen molar-refractivity contribution in [3.8, 4) is 0 Å². The Hall–Kier alpha value is -1.11. The number of hydrogen-bond donors (Lipinski definition) is 2. The molecule has 1 fully saturated rings. The van der Waals surface area contributed by atoms with Crippen LogP contribution in [-0.4, -0.2) is 25.8 Å². The van der Waals surface area contributed by atoms with Crippen molar-refractivity contribution in [1.29, 1.82) is 0 Å². The SMILES string of the molecule is CC1CCN(S(=O)(=O)c2ccccc2NN)C1. The first-order valence-corrected chi connectivity index (χ1v) is 7.05. The first-order chi connectivity index (χ1) is 8.05. The Balaban J connectivity index is 2.38. The standard InChI is InChI=1S/C11H17N3O2S/c1-9-6-7-14(8-9)17(15,16)11-5-3-2-4-10(11)13-12/h2-5,9,13H,6-8,12H2,1H3. The molecule has 1 aromatic rings. The Bertz CT molecular complexity index is 501. The van der Waals surface area contributed by atoms with Crippen molar-refractivity contribution >= 4 is 15.7 Å². The zero-order valence-corrected chi connectivity index (χ0v) is 10.6. The molecule has 3 N–H and O–H groups in total. The lowest BCUT2D eigenvalue weighted by Crippen LogP contribution is -2.29. The van der Waals surface area contributed by atoms with Gasteiger partial charge in [0.15, 0.2) is 0 Å². The predicted octanol–water partition coefficient (Wildman–Crippen LogP) is 1.00. The van der Waals surface area contributed by atoms with E-state index in [0.29, 0.717) is 24.7 Å². The smallest absolute Gasteiger partial charge is 0.245 e. The van der Waals surface area contributed by atoms with Gasteiger partial charge in [-0.2, -0.15) is 4.31 Å². The van der Waals surface area contributed by atoms with E-state index in [9.17, 15) is 8.42 Å². The zero-order valence-electron chi connectivity index (χ0n) is 9.76. The highest BCUT2D eigenvalue weighted by molar-refractivity contribution is 7.89. The van der Waals surface area contributed by atoms with Gasteiger partial charge in [-0.25, -0.2) is 8.42 Å². The fourth-order valence-electron chi connectivity index (χ4n) is 2.06. The molecule has 1 aliphatic rings. The van der Waals surface area contributed by atoms with Crippen LogP contribution in [0.25, 0.3) is 0 Å². The molecule has 17 heavy (non-hydrogen) atoms. The van der Waals surface area contributed by atoms with E-state index in [0.717, 1.165) is 6.42 Å². The Labute approximate surface area is 102 Å². The molecule has 1 saturated heterocycles. The Kier molecular flexibility index (Phi) is 3.37. The first kappa shape index (κ1) is 12.3. The van der Waals surface area contributed by atoms with Crippen LogP contribution >= 0.6 is 0 Å². The highest BCUT2D eigenvalue weighted by Crippen LogP contribution is 2.27. The molecule has 5 nitrogen and oxygen atoms in total. The molecule has 0 radical (unpaired) electrons. The largest absolute Gasteiger partial charge is 0.323 e. The molecular weight excluding hydrogens is 238 g/mol. The lowest BCUT2D eigenvalue weighted by Gasteiger charge is -2.18. The van der Waals surface area contributed by atoms with E-state index < -0.39 is 10.0 Å². The summed E-state index contributed by atoms with van der Waals surface area (Å²) in [5, 5.41) is 0. The molecule has 0 aliphatic carbocycles. The monoisotopic (exact) mass is 255 g/mol. The summed E-state index contributed by atoms with van der Waals surface area (Å²) < 4.78 is 26.3. The average molecular weight is 255 g/mol. The second-order valence-corrected chi connectivity index (χ2v) is 6.30. The molecular formula is C11H17N3O2S. The first-order valence-electron chi connectivity index (χ1n) is 5.61. The molecule has 1 heterocycles. The molecule has 1 unspecified atom stereocenters. The van der Waals surface area contributed by atoms with Gasteiger partial charge in [-0.1, -0.05) is 19.1 Å². The summed E-state index contributed by atoms with van der Waals surface area (Å²) in [5.74, 6) is 5.76. The quantitative estimate of drug-likeness (QED) is 0.624. The molecule has 0 spiro atoms. The van der Waals surface area contributed by atoms with E-state index in [2.05, 4.69) is 12.3 Å². The van der Waals surface area contributed by atoms with Gasteiger partial charge < -0.3 is 5.43 Å². The van der Waals surface area contributed by atoms with Gasteiger partial charge in [0.1, 0.15) is 4.90 Å². The molecule has 94 valence electrons. The highest BCUT2D eigenvalue weighted by atomic mass is 32.2. The maximum atomic E-state index is 12.4. The predicted molar refractivity (Wildman–Crippen MR) is 66.8 cm³/mol. The fraction of sp³-hybridized carbons (Fsp3) is 0.455. The number of nitrogens with zero attached hydrogens (tertiary/aromatic N) is 1. The van der Waals surface area contributed by atoms with Crippen LogP contribution in [0.2, 0.25) is 0 Å². The van der Waals surface area contributed by atoms with Crippen molar-refractivity contribution < 1.29 is 8.42 Å². The van der Waals surface area contributed by atoms with Crippen molar-refractivity contribution in [2.45, 2.75) is 18.2 Å². The van der Waals surface area contributed by atoms with E-state index in [4.69, 9.17) is 5.84 Å². The Morgan fingerprint density at radius 1 is 1.41 bits per heavy atom. The summed E-state index contributed by atoms with van der Waals surface area (Å²) in [4.78, 5) is 0.247. The topological polar surface area (TPSA) is 75.4 Å². The van der Waals surface area contributed by atoms with Crippen molar-refractivity contribution in [3.63, 3.8) is 0 Å². The molecule has 0 bridgehead atoms. The minimum atomic E-state index is -3.42. The number of nitrogens with two attached hydrogens (primary N) is 1. The minimum Gasteiger partial charge on any atom is -0.323 e. The molecule has 0 amide bonds. The van der Waals surface area contributed by atoms with Gasteiger partial charge in [-0.3, -0.25) is 5.84 Å². The van der Waals surface area contributed by atoms with E-state index in [1.807, 2.05) is 0 Å². The van der Waals surface area contributed by atoms with E-state index in [-0.39, 0.29) is 4.90 Å². The van der Waals surface area contributed by atoms with Gasteiger partial charge in [0.25, 0.3) is 0 Å². The lowest BCUT2D eigenvalue weighted by molar-refractivity contribution is 0.464. The minimum absolute atomic E-state index is 0.247. The number of nitrogen functional groups attached to an aromatic ring is 1. The highest BCUT2D eigenvalue weighted by Gasteiger charge is 2.31. The average Bonchev–Trinajstić information content (AvgIpc) is 2.76. The zero-order chi connectivity index (χ0) is 12.5. The molecule has 1 atom stereocenters. The van der Waals surface area contributed by atoms with Gasteiger partial charge >= 0.3 is 0 Å². The van der Waals surface area contributed by atoms with Crippen LogP contribution in [0.3, 0.4) is 0 Å². The molecule has 0 saturated carbocycles. The maximum Gasteiger partial charge on any atom is 0.245 e. The summed E-state index contributed by atoms with van der Waals surface area (Å²) in [6.45, 7) is 3.23. The Morgan fingerprint density at radius 3 is 2.71 bits per heavy atom. The summed E-state index contributed by atoms with van der Waals surface area (Å²) in [6, 6.07) is 6.69. The van der Waals surface area contributed by atoms with Gasteiger partial charge in [0.2, 0.25) is 10.0 Å². The van der Waals surface area contributed by atoms with Crippen molar-refractivity contribution in [2.75, 3.05) is 18.5 Å². The summed E-state index contributed by atoms with van der Waals surface area (Å²) in [6.07, 6.45) is 0.914. The van der Waals surface area contributed by atoms with Crippen molar-refractivity contribution in [3.05, 3.63) is 24.3 Å². The summed E-state index contributed by atoms with van der Waals surface area (Å²) >= 11 is 0. The third kappa shape index (κ3) is 2.29. The van der Waals surface area contributed by atoms with E-state index >= 15 is 0 Å². The van der Waals surface area contributed by atoms with Crippen molar-refractivity contribution in [1.82, 2.24) is 4.31 Å². The number of hydrogen-bond acceptors (Lipinski definition) is 4. The third-order valence-corrected chi connectivity index (χ3v) is 4.97. The van der Waals surface area contributed by atoms with E-state index in [1.54, 1.807) is 24.3 Å². The summed E-state index contributed by atoms with van der Waals surface area (Å²) in [5.41, 5.74) is 2.87. The van der Waals surface area contributed by atoms with Crippen LogP contribution in [0.4, 0.5) is 5.69 Å². The number of rotatable bonds is 3. The molecule has 6 heteroatoms. The van der Waals surface area contributed by atoms with Gasteiger partial charge in [-0.05, 0) is 24.5 Å². The lowest BCUT2D eigenvalue weighted by atomic mass is 10.2. The number of hydrazine groups is 1. The van der Waals surface area contributed by atoms with Gasteiger partial charge in [0.05, 0.1) is 5.69 Å². The van der Waals surface area contributed by atoms with Crippen LogP contribution in [0, 0.1) is 5.92 Å². The van der Waals surface area contributed by atoms with E-state index in [1.165, 1.54) is 4.31 Å². The van der Waals surface area contributed by atoms with Gasteiger partial charge in [-0.15, -0.1) is 0 Å². The van der Waals surface area contributed by atoms with Crippen LogP contribution in [0.1, 0.15) is 13.3 Å². The number of sulfonamides is 1. The van der Waals surface area contributed by atoms with Crippen LogP contribution < -0.4 is 11.3 Å². The number of para-hydroxylation sites is 1. The van der Waals surface area contributed by atoms with Crippen molar-refractivity contribution in [2.24, 2.45) is 11.8 Å². The second kappa shape index (κ2) is 4.64. The number of anilines is 1. The maximum absolute atomic E-state index is 12.4. The van der Waals surface area contributed by atoms with Crippen LogP contribution in [0.5, 0.6) is 0 Å². The molecule has 1 aromatic carbocycles. The molecule has 0 aromatic heterocycles. The van der Waals surface area contributed by atoms with Gasteiger partial charge in [0, 0.05) is 13.1 Å². The Morgan fingerprint density at radius 2 is 2.12 bits per heavy atom. The molecule has 2 rings (SSSR count). The summed E-state index contributed by atoms with van der Waals surface area (Å²) in [7, 11) is -3.42. The molecule has 1 aliphatic heterocycles. The second-order valence-electron chi connectivity index (χ2n) is 4.40. The van der Waals surface area contributed by atoms with Crippen LogP contribution in [-0.2, 0) is 10.0 Å². The fourth-order valence-corrected chi connectivity index (χ4v) is 3.79. The third-order valence-electron chi connectivity index (χ3n) is 3.05.